The molecule has 3 nitrogen and oxygen atoms in total. The first-order valence-electron chi connectivity index (χ1n) is 6.40. The summed E-state index contributed by atoms with van der Waals surface area (Å²) in [5.74, 6) is -2.50. The van der Waals surface area contributed by atoms with Crippen molar-refractivity contribution in [3.05, 3.63) is 35.4 Å². The SMILES string of the molecule is CN1CCC(N(C)C(=O)c2cccc(F)c2F)CC1. The average Bonchev–Trinajstić information content (AvgIpc) is 2.41. The number of halogens is 2. The van der Waals surface area contributed by atoms with Crippen molar-refractivity contribution in [3.8, 4) is 0 Å². The quantitative estimate of drug-likeness (QED) is 0.820. The minimum atomic E-state index is -1.06. The van der Waals surface area contributed by atoms with Crippen molar-refractivity contribution < 1.29 is 13.6 Å². The molecule has 0 unspecified atom stereocenters. The molecule has 0 spiro atoms. The molecule has 0 saturated carbocycles. The Morgan fingerprint density at radius 3 is 2.58 bits per heavy atom. The fourth-order valence-electron chi connectivity index (χ4n) is 2.41. The number of rotatable bonds is 2. The van der Waals surface area contributed by atoms with E-state index < -0.39 is 17.5 Å². The highest BCUT2D eigenvalue weighted by atomic mass is 19.2. The van der Waals surface area contributed by atoms with Crippen LogP contribution in [-0.4, -0.2) is 48.9 Å². The smallest absolute Gasteiger partial charge is 0.256 e. The van der Waals surface area contributed by atoms with Gasteiger partial charge in [0.2, 0.25) is 0 Å². The van der Waals surface area contributed by atoms with Crippen LogP contribution in [-0.2, 0) is 0 Å². The van der Waals surface area contributed by atoms with Gasteiger partial charge in [0, 0.05) is 13.1 Å². The van der Waals surface area contributed by atoms with Crippen LogP contribution in [0.5, 0.6) is 0 Å². The van der Waals surface area contributed by atoms with Crippen molar-refractivity contribution in [3.63, 3.8) is 0 Å². The zero-order valence-electron chi connectivity index (χ0n) is 11.2. The van der Waals surface area contributed by atoms with E-state index in [1.54, 1.807) is 7.05 Å². The molecule has 1 fully saturated rings. The van der Waals surface area contributed by atoms with E-state index >= 15 is 0 Å². The van der Waals surface area contributed by atoms with E-state index in [0.29, 0.717) is 0 Å². The maximum absolute atomic E-state index is 13.6. The molecule has 5 heteroatoms. The molecular weight excluding hydrogens is 250 g/mol. The lowest BCUT2D eigenvalue weighted by atomic mass is 10.0. The van der Waals surface area contributed by atoms with E-state index in [1.807, 2.05) is 7.05 Å². The van der Waals surface area contributed by atoms with Gasteiger partial charge in [-0.25, -0.2) is 8.78 Å². The summed E-state index contributed by atoms with van der Waals surface area (Å²) in [6.07, 6.45) is 1.71. The number of carbonyl (C=O) groups excluding carboxylic acids is 1. The molecular formula is C14H18F2N2O. The van der Waals surface area contributed by atoms with Gasteiger partial charge in [-0.15, -0.1) is 0 Å². The minimum absolute atomic E-state index is 0.0892. The highest BCUT2D eigenvalue weighted by Crippen LogP contribution is 2.19. The van der Waals surface area contributed by atoms with Crippen LogP contribution in [0, 0.1) is 11.6 Å². The lowest BCUT2D eigenvalue weighted by Gasteiger charge is -2.35. The first kappa shape index (κ1) is 13.9. The molecule has 1 saturated heterocycles. The molecule has 19 heavy (non-hydrogen) atoms. The molecule has 1 aliphatic heterocycles. The van der Waals surface area contributed by atoms with Crippen molar-refractivity contribution in [1.82, 2.24) is 9.80 Å². The van der Waals surface area contributed by atoms with Gasteiger partial charge in [-0.1, -0.05) is 6.07 Å². The van der Waals surface area contributed by atoms with Crippen molar-refractivity contribution in [1.29, 1.82) is 0 Å². The van der Waals surface area contributed by atoms with E-state index in [4.69, 9.17) is 0 Å². The second-order valence-corrected chi connectivity index (χ2v) is 5.05. The predicted molar refractivity (Wildman–Crippen MR) is 69.0 cm³/mol. The first-order valence-corrected chi connectivity index (χ1v) is 6.40. The fraction of sp³-hybridized carbons (Fsp3) is 0.500. The minimum Gasteiger partial charge on any atom is -0.339 e. The maximum atomic E-state index is 13.6. The summed E-state index contributed by atoms with van der Waals surface area (Å²) < 4.78 is 26.8. The third-order valence-corrected chi connectivity index (χ3v) is 3.74. The molecule has 104 valence electrons. The Bertz CT molecular complexity index is 471. The predicted octanol–water partition coefficient (Wildman–Crippen LogP) is 2.13. The topological polar surface area (TPSA) is 23.6 Å². The van der Waals surface area contributed by atoms with Crippen LogP contribution < -0.4 is 0 Å². The average molecular weight is 268 g/mol. The van der Waals surface area contributed by atoms with Crippen molar-refractivity contribution >= 4 is 5.91 Å². The van der Waals surface area contributed by atoms with E-state index in [2.05, 4.69) is 4.90 Å². The number of hydrogen-bond donors (Lipinski definition) is 0. The number of nitrogens with zero attached hydrogens (tertiary/aromatic N) is 2. The summed E-state index contributed by atoms with van der Waals surface area (Å²) in [5, 5.41) is 0. The molecule has 0 radical (unpaired) electrons. The Morgan fingerprint density at radius 1 is 1.32 bits per heavy atom. The van der Waals surface area contributed by atoms with Gasteiger partial charge in [-0.05, 0) is 45.1 Å². The van der Waals surface area contributed by atoms with Crippen LogP contribution in [0.3, 0.4) is 0 Å². The maximum Gasteiger partial charge on any atom is 0.256 e. The van der Waals surface area contributed by atoms with E-state index in [1.165, 1.54) is 17.0 Å². The van der Waals surface area contributed by atoms with Gasteiger partial charge in [0.1, 0.15) is 0 Å². The normalized spacial score (nSPS) is 17.5. The Morgan fingerprint density at radius 2 is 1.95 bits per heavy atom. The zero-order valence-corrected chi connectivity index (χ0v) is 11.2. The highest BCUT2D eigenvalue weighted by molar-refractivity contribution is 5.94. The number of likely N-dealkylation sites (tertiary alicyclic amines) is 1. The van der Waals surface area contributed by atoms with Gasteiger partial charge >= 0.3 is 0 Å². The lowest BCUT2D eigenvalue weighted by molar-refractivity contribution is 0.0654. The van der Waals surface area contributed by atoms with Crippen molar-refractivity contribution in [2.75, 3.05) is 27.2 Å². The molecule has 0 atom stereocenters. The zero-order chi connectivity index (χ0) is 14.0. The molecule has 1 aromatic rings. The summed E-state index contributed by atoms with van der Waals surface area (Å²) in [4.78, 5) is 15.9. The van der Waals surface area contributed by atoms with Gasteiger partial charge < -0.3 is 9.80 Å². The van der Waals surface area contributed by atoms with Gasteiger partial charge in [0.15, 0.2) is 11.6 Å². The standard InChI is InChI=1S/C14H18F2N2O/c1-17-8-6-10(7-9-17)18(2)14(19)11-4-3-5-12(15)13(11)16/h3-5,10H,6-9H2,1-2H3. The third kappa shape index (κ3) is 2.92. The van der Waals surface area contributed by atoms with Crippen LogP contribution in [0.1, 0.15) is 23.2 Å². The number of piperidine rings is 1. The van der Waals surface area contributed by atoms with E-state index in [0.717, 1.165) is 32.0 Å². The number of benzene rings is 1. The lowest BCUT2D eigenvalue weighted by Crippen LogP contribution is -2.44. The van der Waals surface area contributed by atoms with E-state index in [9.17, 15) is 13.6 Å². The Hall–Kier alpha value is -1.49. The molecule has 2 rings (SSSR count). The summed E-state index contributed by atoms with van der Waals surface area (Å²) in [6, 6.07) is 3.79. The number of hydrogen-bond acceptors (Lipinski definition) is 2. The van der Waals surface area contributed by atoms with Gasteiger partial charge in [0.25, 0.3) is 5.91 Å². The van der Waals surface area contributed by atoms with Crippen LogP contribution in [0.2, 0.25) is 0 Å². The molecule has 1 aromatic carbocycles. The molecule has 0 N–H and O–H groups in total. The largest absolute Gasteiger partial charge is 0.339 e. The van der Waals surface area contributed by atoms with Gasteiger partial charge in [-0.2, -0.15) is 0 Å². The van der Waals surface area contributed by atoms with Gasteiger partial charge in [0.05, 0.1) is 5.56 Å². The van der Waals surface area contributed by atoms with Crippen LogP contribution in [0.15, 0.2) is 18.2 Å². The molecule has 0 aromatic heterocycles. The van der Waals surface area contributed by atoms with Crippen LogP contribution in [0.4, 0.5) is 8.78 Å². The van der Waals surface area contributed by atoms with Gasteiger partial charge in [-0.3, -0.25) is 4.79 Å². The molecule has 0 bridgehead atoms. The monoisotopic (exact) mass is 268 g/mol. The Labute approximate surface area is 111 Å². The second kappa shape index (κ2) is 5.65. The molecule has 0 aliphatic carbocycles. The van der Waals surface area contributed by atoms with Crippen LogP contribution in [0.25, 0.3) is 0 Å². The first-order chi connectivity index (χ1) is 9.00. The van der Waals surface area contributed by atoms with Crippen molar-refractivity contribution in [2.24, 2.45) is 0 Å². The molecule has 1 aliphatic rings. The number of amides is 1. The molecule has 1 amide bonds. The van der Waals surface area contributed by atoms with Crippen molar-refractivity contribution in [2.45, 2.75) is 18.9 Å². The van der Waals surface area contributed by atoms with Crippen LogP contribution >= 0.6 is 0 Å². The second-order valence-electron chi connectivity index (χ2n) is 5.05. The fourth-order valence-corrected chi connectivity index (χ4v) is 2.41. The Kier molecular flexibility index (Phi) is 4.14. The third-order valence-electron chi connectivity index (χ3n) is 3.74. The summed E-state index contributed by atoms with van der Waals surface area (Å²) >= 11 is 0. The highest BCUT2D eigenvalue weighted by Gasteiger charge is 2.26. The summed E-state index contributed by atoms with van der Waals surface area (Å²) in [7, 11) is 3.69. The number of carbonyl (C=O) groups is 1. The molecule has 1 heterocycles. The summed E-state index contributed by atoms with van der Waals surface area (Å²) in [6.45, 7) is 1.82. The van der Waals surface area contributed by atoms with E-state index in [-0.39, 0.29) is 11.6 Å². The Balaban J connectivity index is 2.13. The summed E-state index contributed by atoms with van der Waals surface area (Å²) in [5.41, 5.74) is -0.193.